The molecule has 0 bridgehead atoms. The average Bonchev–Trinajstić information content (AvgIpc) is 2.38. The summed E-state index contributed by atoms with van der Waals surface area (Å²) < 4.78 is 0. The second kappa shape index (κ2) is 15.8. The van der Waals surface area contributed by atoms with Gasteiger partial charge in [0.2, 0.25) is 0 Å². The van der Waals surface area contributed by atoms with E-state index in [1.807, 2.05) is 0 Å². The van der Waals surface area contributed by atoms with Crippen LogP contribution < -0.4 is 0 Å². The first kappa shape index (κ1) is 28.1. The molecule has 4 radical (unpaired) electrons. The molecule has 0 heterocycles. The Hall–Kier alpha value is 3.29. The fourth-order valence-electron chi connectivity index (χ4n) is 1.96. The predicted octanol–water partition coefficient (Wildman–Crippen LogP) is 4.10. The molecule has 0 amide bonds. The van der Waals surface area contributed by atoms with E-state index in [4.69, 9.17) is 0 Å². The van der Waals surface area contributed by atoms with Crippen molar-refractivity contribution in [1.29, 1.82) is 0 Å². The maximum Gasteiger partial charge on any atom is 0 e. The summed E-state index contributed by atoms with van der Waals surface area (Å²) in [5.41, 5.74) is 5.33. The average molecular weight is 583 g/mol. The summed E-state index contributed by atoms with van der Waals surface area (Å²) in [5.74, 6) is 0. The van der Waals surface area contributed by atoms with E-state index in [2.05, 4.69) is 64.7 Å². The van der Waals surface area contributed by atoms with E-state index in [0.717, 1.165) is 12.6 Å². The van der Waals surface area contributed by atoms with Crippen molar-refractivity contribution in [2.24, 2.45) is 0 Å². The molecule has 0 fully saturated rings. The minimum atomic E-state index is 0. The van der Waals surface area contributed by atoms with E-state index < -0.39 is 0 Å². The van der Waals surface area contributed by atoms with Crippen LogP contribution in [0.4, 0.5) is 0 Å². The van der Waals surface area contributed by atoms with Gasteiger partial charge in [0.05, 0.1) is 0 Å². The molecule has 0 saturated heterocycles. The third-order valence-electron chi connectivity index (χ3n) is 2.81. The van der Waals surface area contributed by atoms with Crippen LogP contribution in [0.15, 0.2) is 48.5 Å². The Morgan fingerprint density at radius 3 is 1.55 bits per heavy atom. The van der Waals surface area contributed by atoms with Crippen LogP contribution in [0.25, 0.3) is 11.1 Å². The summed E-state index contributed by atoms with van der Waals surface area (Å²) in [7, 11) is 2.79. The van der Waals surface area contributed by atoms with Crippen molar-refractivity contribution in [3.05, 3.63) is 66.6 Å². The van der Waals surface area contributed by atoms with Gasteiger partial charge < -0.3 is 6.92 Å². The summed E-state index contributed by atoms with van der Waals surface area (Å²) in [6.45, 7) is 3.99. The van der Waals surface area contributed by atoms with Crippen molar-refractivity contribution >= 4 is 9.24 Å². The van der Waals surface area contributed by atoms with Gasteiger partial charge in [0.25, 0.3) is 0 Å². The van der Waals surface area contributed by atoms with Gasteiger partial charge in [-0.15, -0.1) is 9.24 Å². The Labute approximate surface area is 225 Å². The topological polar surface area (TPSA) is 0 Å². The Balaban J connectivity index is -0.000000722. The molecular formula is C15H16PY4-. The Morgan fingerprint density at radius 2 is 1.10 bits per heavy atom. The molecular weight excluding hydrogens is 567 g/mol. The van der Waals surface area contributed by atoms with Crippen LogP contribution in [0.3, 0.4) is 0 Å². The Morgan fingerprint density at radius 1 is 0.700 bits per heavy atom. The van der Waals surface area contributed by atoms with Crippen LogP contribution in [0.2, 0.25) is 0 Å². The van der Waals surface area contributed by atoms with Crippen LogP contribution >= 0.6 is 9.24 Å². The second-order valence-corrected chi connectivity index (χ2v) is 4.18. The molecule has 0 saturated carbocycles. The van der Waals surface area contributed by atoms with Crippen LogP contribution in [0.1, 0.15) is 11.1 Å². The molecule has 0 aromatic heterocycles. The maximum atomic E-state index is 3.99. The molecule has 2 rings (SSSR count). The summed E-state index contributed by atoms with van der Waals surface area (Å²) in [6.07, 6.45) is 1.82. The summed E-state index contributed by atoms with van der Waals surface area (Å²) in [6, 6.07) is 17.1. The maximum absolute atomic E-state index is 3.99. The van der Waals surface area contributed by atoms with E-state index in [1.54, 1.807) is 0 Å². The molecule has 2 aromatic rings. The number of benzene rings is 2. The van der Waals surface area contributed by atoms with Crippen LogP contribution in [0.5, 0.6) is 0 Å². The first-order chi connectivity index (χ1) is 7.86. The molecule has 2 aromatic carbocycles. The van der Waals surface area contributed by atoms with Crippen molar-refractivity contribution in [1.82, 2.24) is 0 Å². The number of hydrogen-bond acceptors (Lipinski definition) is 0. The molecule has 0 N–H and O–H groups in total. The van der Waals surface area contributed by atoms with Crippen molar-refractivity contribution < 1.29 is 131 Å². The molecule has 1 unspecified atom stereocenters. The zero-order chi connectivity index (χ0) is 11.4. The third-order valence-corrected chi connectivity index (χ3v) is 3.25. The normalized spacial score (nSPS) is 8.30. The van der Waals surface area contributed by atoms with Crippen molar-refractivity contribution in [3.8, 4) is 11.1 Å². The zero-order valence-corrected chi connectivity index (χ0v) is 24.1. The molecule has 0 spiro atoms. The monoisotopic (exact) mass is 583 g/mol. The van der Waals surface area contributed by atoms with Gasteiger partial charge in [-0.25, -0.2) is 0 Å². The number of hydrogen-bond donors (Lipinski definition) is 0. The quantitative estimate of drug-likeness (QED) is 0.378. The van der Waals surface area contributed by atoms with E-state index in [9.17, 15) is 0 Å². The Bertz CT molecular complexity index is 443. The minimum absolute atomic E-state index is 0. The van der Waals surface area contributed by atoms with Gasteiger partial charge in [0.15, 0.2) is 0 Å². The molecule has 0 aliphatic carbocycles. The van der Waals surface area contributed by atoms with Crippen molar-refractivity contribution in [3.63, 3.8) is 0 Å². The van der Waals surface area contributed by atoms with Crippen LogP contribution in [0, 0.1) is 6.92 Å². The molecule has 1 atom stereocenters. The van der Waals surface area contributed by atoms with Gasteiger partial charge in [-0.05, 0) is 22.9 Å². The van der Waals surface area contributed by atoms with Crippen LogP contribution in [-0.4, -0.2) is 0 Å². The van der Waals surface area contributed by atoms with Crippen LogP contribution in [-0.2, 0) is 143 Å². The second-order valence-electron chi connectivity index (χ2n) is 3.77. The van der Waals surface area contributed by atoms with Crippen molar-refractivity contribution in [2.45, 2.75) is 12.6 Å². The molecule has 0 aliphatic heterocycles. The zero-order valence-electron chi connectivity index (χ0n) is 11.6. The third kappa shape index (κ3) is 7.91. The van der Waals surface area contributed by atoms with Gasteiger partial charge in [-0.3, -0.25) is 0 Å². The van der Waals surface area contributed by atoms with Gasteiger partial charge >= 0.3 is 0 Å². The fourth-order valence-corrected chi connectivity index (χ4v) is 2.32. The summed E-state index contributed by atoms with van der Waals surface area (Å²) in [5, 5.41) is 0. The minimum Gasteiger partial charge on any atom is -0.339 e. The summed E-state index contributed by atoms with van der Waals surface area (Å²) in [4.78, 5) is 0. The smallest absolute Gasteiger partial charge is 0 e. The molecule has 20 heavy (non-hydrogen) atoms. The largest absolute Gasteiger partial charge is 0.339 e. The standard InChI is InChI=1S/C15H16P.4Y/c1-2-12-7-3-5-9-14(12)15-10-6-4-8-13(15)11-16;;;;/h3-10H,1-2,11,16H2;;;;/q-1;;;;. The predicted molar refractivity (Wildman–Crippen MR) is 74.4 cm³/mol. The SMILES string of the molecule is [CH2-]Cc1ccccc1-c1ccccc1CP.[Y].[Y].[Y].[Y]. The van der Waals surface area contributed by atoms with E-state index in [-0.39, 0.29) is 131 Å². The molecule has 5 heteroatoms. The van der Waals surface area contributed by atoms with E-state index in [0.29, 0.717) is 0 Å². The molecule has 94 valence electrons. The van der Waals surface area contributed by atoms with Crippen molar-refractivity contribution in [2.75, 3.05) is 0 Å². The fraction of sp³-hybridized carbons (Fsp3) is 0.133. The van der Waals surface area contributed by atoms with E-state index in [1.165, 1.54) is 22.3 Å². The van der Waals surface area contributed by atoms with E-state index >= 15 is 0 Å². The first-order valence-corrected chi connectivity index (χ1v) is 6.34. The first-order valence-electron chi connectivity index (χ1n) is 5.52. The molecule has 0 nitrogen and oxygen atoms in total. The number of rotatable bonds is 3. The molecule has 0 aliphatic rings. The van der Waals surface area contributed by atoms with Gasteiger partial charge in [-0.1, -0.05) is 54.1 Å². The van der Waals surface area contributed by atoms with Gasteiger partial charge in [0.1, 0.15) is 0 Å². The summed E-state index contributed by atoms with van der Waals surface area (Å²) >= 11 is 0. The van der Waals surface area contributed by atoms with Gasteiger partial charge in [0, 0.05) is 131 Å². The Kier molecular flexibility index (Phi) is 22.2. The van der Waals surface area contributed by atoms with Gasteiger partial charge in [-0.2, -0.15) is 6.42 Å².